The second-order valence-corrected chi connectivity index (χ2v) is 5.96. The van der Waals surface area contributed by atoms with Crippen molar-refractivity contribution in [1.82, 2.24) is 24.8 Å². The molecule has 0 saturated carbocycles. The van der Waals surface area contributed by atoms with Crippen molar-refractivity contribution in [3.8, 4) is 5.69 Å². The van der Waals surface area contributed by atoms with Crippen LogP contribution in [0.15, 0.2) is 73.3 Å². The second kappa shape index (κ2) is 6.72. The van der Waals surface area contributed by atoms with Gasteiger partial charge in [0, 0.05) is 12.4 Å². The largest absolute Gasteiger partial charge is 0.334 e. The Bertz CT molecular complexity index is 1040. The molecule has 2 heterocycles. The standard InChI is InChI=1S/C19H18N6O/c1-14(15-6-4-7-16(12-15)24-11-5-10-21-24)22-19(26)23-25-13-20-17-8-2-3-9-18(17)25/h2-14H,1H3,(H2,22,23,26). The minimum absolute atomic E-state index is 0.166. The van der Waals surface area contributed by atoms with Gasteiger partial charge in [0.15, 0.2) is 0 Å². The molecule has 0 spiro atoms. The van der Waals surface area contributed by atoms with Crippen LogP contribution in [0.25, 0.3) is 16.7 Å². The summed E-state index contributed by atoms with van der Waals surface area (Å²) in [5, 5.41) is 7.18. The lowest BCUT2D eigenvalue weighted by atomic mass is 10.1. The van der Waals surface area contributed by atoms with E-state index in [1.165, 1.54) is 0 Å². The van der Waals surface area contributed by atoms with E-state index in [9.17, 15) is 4.79 Å². The van der Waals surface area contributed by atoms with Gasteiger partial charge < -0.3 is 5.32 Å². The van der Waals surface area contributed by atoms with Crippen molar-refractivity contribution in [3.05, 3.63) is 78.9 Å². The van der Waals surface area contributed by atoms with Crippen LogP contribution in [0.4, 0.5) is 4.79 Å². The van der Waals surface area contributed by atoms with Crippen LogP contribution in [0.2, 0.25) is 0 Å². The summed E-state index contributed by atoms with van der Waals surface area (Å²) in [4.78, 5) is 16.6. The SMILES string of the molecule is CC(NC(=O)Nn1cnc2ccccc21)c1cccc(-n2cccn2)c1. The molecule has 2 amide bonds. The van der Waals surface area contributed by atoms with E-state index in [4.69, 9.17) is 0 Å². The monoisotopic (exact) mass is 346 g/mol. The van der Waals surface area contributed by atoms with E-state index in [0.29, 0.717) is 0 Å². The van der Waals surface area contributed by atoms with Crippen molar-refractivity contribution in [1.29, 1.82) is 0 Å². The van der Waals surface area contributed by atoms with E-state index in [2.05, 4.69) is 20.8 Å². The predicted molar refractivity (Wildman–Crippen MR) is 99.6 cm³/mol. The molecule has 7 heteroatoms. The maximum atomic E-state index is 12.4. The molecule has 0 aliphatic carbocycles. The number of amides is 2. The number of para-hydroxylation sites is 2. The van der Waals surface area contributed by atoms with E-state index in [1.807, 2.05) is 67.7 Å². The molecule has 0 aliphatic heterocycles. The summed E-state index contributed by atoms with van der Waals surface area (Å²) in [5.74, 6) is 0. The molecular formula is C19H18N6O. The van der Waals surface area contributed by atoms with Gasteiger partial charge in [0.05, 0.1) is 22.8 Å². The number of aromatic nitrogens is 4. The first-order chi connectivity index (χ1) is 12.7. The number of nitrogens with one attached hydrogen (secondary N) is 2. The van der Waals surface area contributed by atoms with Gasteiger partial charge in [0.1, 0.15) is 6.33 Å². The van der Waals surface area contributed by atoms with Crippen LogP contribution < -0.4 is 10.7 Å². The molecule has 0 radical (unpaired) electrons. The lowest BCUT2D eigenvalue weighted by Crippen LogP contribution is -2.35. The first kappa shape index (κ1) is 15.9. The molecule has 0 aliphatic rings. The molecule has 26 heavy (non-hydrogen) atoms. The summed E-state index contributed by atoms with van der Waals surface area (Å²) < 4.78 is 3.39. The summed E-state index contributed by atoms with van der Waals surface area (Å²) in [6.07, 6.45) is 5.21. The quantitative estimate of drug-likeness (QED) is 0.595. The van der Waals surface area contributed by atoms with Gasteiger partial charge >= 0.3 is 6.03 Å². The van der Waals surface area contributed by atoms with Crippen LogP contribution in [0.5, 0.6) is 0 Å². The summed E-state index contributed by atoms with van der Waals surface area (Å²) in [7, 11) is 0. The molecule has 1 unspecified atom stereocenters. The maximum absolute atomic E-state index is 12.4. The maximum Gasteiger partial charge on any atom is 0.334 e. The highest BCUT2D eigenvalue weighted by atomic mass is 16.2. The van der Waals surface area contributed by atoms with E-state index in [-0.39, 0.29) is 12.1 Å². The van der Waals surface area contributed by atoms with Crippen LogP contribution in [0, 0.1) is 0 Å². The molecule has 1 atom stereocenters. The fourth-order valence-electron chi connectivity index (χ4n) is 2.83. The van der Waals surface area contributed by atoms with Crippen molar-refractivity contribution in [2.75, 3.05) is 5.43 Å². The first-order valence-corrected chi connectivity index (χ1v) is 8.30. The smallest absolute Gasteiger partial charge is 0.330 e. The van der Waals surface area contributed by atoms with Crippen molar-refractivity contribution in [2.24, 2.45) is 0 Å². The number of carbonyl (C=O) groups is 1. The third kappa shape index (κ3) is 3.14. The summed E-state index contributed by atoms with van der Waals surface area (Å²) >= 11 is 0. The number of rotatable bonds is 4. The van der Waals surface area contributed by atoms with Gasteiger partial charge in [-0.2, -0.15) is 5.10 Å². The fourth-order valence-corrected chi connectivity index (χ4v) is 2.83. The minimum atomic E-state index is -0.301. The minimum Gasteiger partial charge on any atom is -0.330 e. The Morgan fingerprint density at radius 2 is 2.00 bits per heavy atom. The zero-order chi connectivity index (χ0) is 17.9. The second-order valence-electron chi connectivity index (χ2n) is 5.96. The van der Waals surface area contributed by atoms with Gasteiger partial charge in [-0.05, 0) is 42.8 Å². The number of urea groups is 1. The molecule has 2 aromatic heterocycles. The van der Waals surface area contributed by atoms with Crippen LogP contribution in [0.1, 0.15) is 18.5 Å². The van der Waals surface area contributed by atoms with Gasteiger partial charge in [-0.25, -0.2) is 24.6 Å². The third-order valence-corrected chi connectivity index (χ3v) is 4.16. The van der Waals surface area contributed by atoms with E-state index in [1.54, 1.807) is 21.9 Å². The number of nitrogens with zero attached hydrogens (tertiary/aromatic N) is 4. The van der Waals surface area contributed by atoms with Crippen molar-refractivity contribution in [3.63, 3.8) is 0 Å². The molecule has 0 saturated heterocycles. The lowest BCUT2D eigenvalue weighted by Gasteiger charge is -2.16. The highest BCUT2D eigenvalue weighted by Gasteiger charge is 2.12. The normalized spacial score (nSPS) is 12.0. The Morgan fingerprint density at radius 1 is 1.12 bits per heavy atom. The number of benzene rings is 2. The van der Waals surface area contributed by atoms with Crippen LogP contribution in [0.3, 0.4) is 0 Å². The van der Waals surface area contributed by atoms with Gasteiger partial charge in [0.2, 0.25) is 0 Å². The van der Waals surface area contributed by atoms with Crippen LogP contribution in [-0.4, -0.2) is 25.5 Å². The number of hydrogen-bond donors (Lipinski definition) is 2. The summed E-state index contributed by atoms with van der Waals surface area (Å²) in [6, 6.07) is 16.9. The number of imidazole rings is 1. The van der Waals surface area contributed by atoms with Crippen molar-refractivity contribution >= 4 is 17.1 Å². The Balaban J connectivity index is 1.47. The lowest BCUT2D eigenvalue weighted by molar-refractivity contribution is 0.247. The number of hydrogen-bond acceptors (Lipinski definition) is 3. The summed E-state index contributed by atoms with van der Waals surface area (Å²) in [5.41, 5.74) is 6.40. The third-order valence-electron chi connectivity index (χ3n) is 4.16. The Labute approximate surface area is 150 Å². The van der Waals surface area contributed by atoms with Crippen LogP contribution in [-0.2, 0) is 0 Å². The van der Waals surface area contributed by atoms with Gasteiger partial charge in [-0.15, -0.1) is 0 Å². The molecule has 7 nitrogen and oxygen atoms in total. The van der Waals surface area contributed by atoms with Crippen molar-refractivity contribution in [2.45, 2.75) is 13.0 Å². The molecule has 4 rings (SSSR count). The topological polar surface area (TPSA) is 76.8 Å². The average molecular weight is 346 g/mol. The molecule has 0 bridgehead atoms. The van der Waals surface area contributed by atoms with E-state index in [0.717, 1.165) is 22.3 Å². The van der Waals surface area contributed by atoms with E-state index >= 15 is 0 Å². The molecular weight excluding hydrogens is 328 g/mol. The van der Waals surface area contributed by atoms with Gasteiger partial charge in [0.25, 0.3) is 0 Å². The average Bonchev–Trinajstić information content (AvgIpc) is 3.32. The molecule has 130 valence electrons. The Hall–Kier alpha value is -3.61. The Kier molecular flexibility index (Phi) is 4.10. The predicted octanol–water partition coefficient (Wildman–Crippen LogP) is 3.24. The zero-order valence-corrected chi connectivity index (χ0v) is 14.2. The zero-order valence-electron chi connectivity index (χ0n) is 14.2. The highest BCUT2D eigenvalue weighted by molar-refractivity contribution is 5.85. The molecule has 4 aromatic rings. The number of carbonyl (C=O) groups excluding carboxylic acids is 1. The molecule has 2 N–H and O–H groups in total. The first-order valence-electron chi connectivity index (χ1n) is 8.30. The molecule has 0 fully saturated rings. The summed E-state index contributed by atoms with van der Waals surface area (Å²) in [6.45, 7) is 1.94. The fraction of sp³-hybridized carbons (Fsp3) is 0.105. The van der Waals surface area contributed by atoms with Crippen LogP contribution >= 0.6 is 0 Å². The van der Waals surface area contributed by atoms with Gasteiger partial charge in [-0.1, -0.05) is 24.3 Å². The highest BCUT2D eigenvalue weighted by Crippen LogP contribution is 2.16. The van der Waals surface area contributed by atoms with Crippen molar-refractivity contribution < 1.29 is 4.79 Å². The number of fused-ring (bicyclic) bond motifs is 1. The Morgan fingerprint density at radius 3 is 2.85 bits per heavy atom. The van der Waals surface area contributed by atoms with E-state index < -0.39 is 0 Å². The van der Waals surface area contributed by atoms with Gasteiger partial charge in [-0.3, -0.25) is 0 Å². The molecule has 2 aromatic carbocycles.